The molecule has 16 N–H and O–H groups in total. The molecule has 0 saturated carbocycles. The first-order chi connectivity index (χ1) is 37.6. The molecule has 0 aliphatic carbocycles. The minimum absolute atomic E-state index is 0.00755. The number of fused-ring (bicyclic) bond motifs is 3. The van der Waals surface area contributed by atoms with Gasteiger partial charge in [0.2, 0.25) is 47.3 Å². The van der Waals surface area contributed by atoms with E-state index in [0.717, 1.165) is 49.8 Å². The fourth-order valence-electron chi connectivity index (χ4n) is 10.1. The Morgan fingerprint density at radius 1 is 0.608 bits per heavy atom. The number of cyclic esters (lactones) is 1. The maximum atomic E-state index is 14.2. The Labute approximate surface area is 455 Å². The molecular formula is C49H79N11O19. The molecule has 79 heavy (non-hydrogen) atoms. The normalized spacial score (nSPS) is 28.1. The zero-order valence-corrected chi connectivity index (χ0v) is 44.4. The third-order valence-electron chi connectivity index (χ3n) is 14.4. The topological polar surface area (TPSA) is 473 Å². The number of amides is 8. The van der Waals surface area contributed by atoms with Gasteiger partial charge in [-0.25, -0.2) is 14.4 Å². The Bertz CT molecular complexity index is 2200. The molecule has 12 unspecified atom stereocenters. The van der Waals surface area contributed by atoms with Crippen LogP contribution in [0, 0.1) is 0 Å². The lowest BCUT2D eigenvalue weighted by atomic mass is 10.0. The molecule has 8 amide bonds. The number of nitrogens with zero attached hydrogens (tertiary/aromatic N) is 4. The van der Waals surface area contributed by atoms with E-state index in [1.165, 1.54) is 4.90 Å². The summed E-state index contributed by atoms with van der Waals surface area (Å²) in [7, 11) is 0. The van der Waals surface area contributed by atoms with Crippen molar-refractivity contribution in [3.63, 3.8) is 0 Å². The first-order valence-corrected chi connectivity index (χ1v) is 27.0. The van der Waals surface area contributed by atoms with Crippen molar-refractivity contribution in [2.45, 2.75) is 195 Å². The number of carboxylic acids is 2. The van der Waals surface area contributed by atoms with Crippen molar-refractivity contribution in [1.29, 1.82) is 0 Å². The van der Waals surface area contributed by atoms with Crippen molar-refractivity contribution in [2.75, 3.05) is 39.4 Å². The molecule has 4 aliphatic heterocycles. The summed E-state index contributed by atoms with van der Waals surface area (Å²) in [6.07, 6.45) is -1.30. The van der Waals surface area contributed by atoms with Crippen LogP contribution in [0.4, 0.5) is 0 Å². The first kappa shape index (κ1) is 64.8. The molecular weight excluding hydrogens is 1050 g/mol. The largest absolute Gasteiger partial charge is 0.479 e. The summed E-state index contributed by atoms with van der Waals surface area (Å²) in [5, 5.41) is 84.1. The maximum Gasteiger partial charge on any atom is 0.335 e. The zero-order chi connectivity index (χ0) is 58.5. The minimum Gasteiger partial charge on any atom is -0.479 e. The standard InChI is InChI=1S/C49H79N11O19/c1-2-3-4-5-6-7-8-9-10-14-26-23-33(64)58-20-12-16-30(58)40(68)54-28(24-61)44(72)59-21-13-17-31(59)41(69)53-27(15-11-19-52-49(50)51)39(67)56-34(37(65)46(74)75)42(70)55-29(25-62)45(73)60-22-18-32(63)36(60)43(71)57-35(48(78)79-26)38(66)47(76)77/h26-32,34-38,61-63,65-66H,2-25H2,1H3,(H,53,69)(H,54,68)(H,55,70)(H,56,67)(H,57,71)(H,74,75)(H,76,77)(H4,50,51,52). The average molecular weight is 1130 g/mol. The Kier molecular flexibility index (Phi) is 26.0. The monoisotopic (exact) mass is 1130 g/mol. The van der Waals surface area contributed by atoms with Gasteiger partial charge in [-0.05, 0) is 57.8 Å². The Morgan fingerprint density at radius 2 is 1.11 bits per heavy atom. The summed E-state index contributed by atoms with van der Waals surface area (Å²) >= 11 is 0. The van der Waals surface area contributed by atoms with E-state index < -0.39 is 164 Å². The summed E-state index contributed by atoms with van der Waals surface area (Å²) in [4.78, 5) is 157. The smallest absolute Gasteiger partial charge is 0.335 e. The number of aliphatic carboxylic acids is 2. The minimum atomic E-state index is -2.77. The fourth-order valence-corrected chi connectivity index (χ4v) is 10.1. The number of unbranched alkanes of at least 4 members (excludes halogenated alkanes) is 8. The number of hydrogen-bond donors (Lipinski definition) is 14. The van der Waals surface area contributed by atoms with Gasteiger partial charge in [-0.3, -0.25) is 43.3 Å². The number of aliphatic hydroxyl groups excluding tert-OH is 5. The van der Waals surface area contributed by atoms with Crippen LogP contribution in [-0.2, 0) is 57.5 Å². The van der Waals surface area contributed by atoms with Crippen molar-refractivity contribution in [3.8, 4) is 0 Å². The molecule has 4 aliphatic rings. The fraction of sp³-hybridized carbons (Fsp3) is 0.755. The second-order valence-corrected chi connectivity index (χ2v) is 20.2. The number of hydrogen-bond acceptors (Lipinski definition) is 18. The van der Waals surface area contributed by atoms with Gasteiger partial charge in [0.25, 0.3) is 0 Å². The van der Waals surface area contributed by atoms with Gasteiger partial charge >= 0.3 is 17.9 Å². The highest BCUT2D eigenvalue weighted by Gasteiger charge is 2.48. The van der Waals surface area contributed by atoms with E-state index in [-0.39, 0.29) is 70.5 Å². The van der Waals surface area contributed by atoms with E-state index >= 15 is 0 Å². The van der Waals surface area contributed by atoms with E-state index in [9.17, 15) is 88.5 Å². The van der Waals surface area contributed by atoms with Gasteiger partial charge in [0.15, 0.2) is 24.2 Å². The third kappa shape index (κ3) is 18.4. The van der Waals surface area contributed by atoms with Gasteiger partial charge in [0.05, 0.1) is 25.7 Å². The van der Waals surface area contributed by atoms with Crippen molar-refractivity contribution < 1.29 is 93.2 Å². The number of carbonyl (C=O) groups excluding carboxylic acids is 9. The molecule has 0 aromatic carbocycles. The predicted molar refractivity (Wildman–Crippen MR) is 273 cm³/mol. The van der Waals surface area contributed by atoms with Gasteiger partial charge in [-0.2, -0.15) is 0 Å². The van der Waals surface area contributed by atoms with Crippen LogP contribution in [-0.4, -0.2) is 234 Å². The highest BCUT2D eigenvalue weighted by molar-refractivity contribution is 6.00. The number of carboxylic acid groups (broad SMARTS) is 2. The summed E-state index contributed by atoms with van der Waals surface area (Å²) in [6.45, 7) is -0.807. The highest BCUT2D eigenvalue weighted by Crippen LogP contribution is 2.25. The number of nitrogens with one attached hydrogen (secondary N) is 5. The van der Waals surface area contributed by atoms with E-state index in [1.807, 2.05) is 16.0 Å². The molecule has 0 aromatic heterocycles. The summed E-state index contributed by atoms with van der Waals surface area (Å²) in [5.41, 5.74) is 10.9. The van der Waals surface area contributed by atoms with Crippen LogP contribution in [0.5, 0.6) is 0 Å². The number of nitrogens with two attached hydrogens (primary N) is 2. The second-order valence-electron chi connectivity index (χ2n) is 20.2. The number of aliphatic imine (C=N–C) groups is 1. The third-order valence-corrected chi connectivity index (χ3v) is 14.4. The molecule has 0 aromatic rings. The average Bonchev–Trinajstić information content (AvgIpc) is 4.24. The van der Waals surface area contributed by atoms with Crippen LogP contribution >= 0.6 is 0 Å². The Hall–Kier alpha value is -6.76. The van der Waals surface area contributed by atoms with Crippen LogP contribution < -0.4 is 38.1 Å². The van der Waals surface area contributed by atoms with Gasteiger partial charge in [-0.15, -0.1) is 0 Å². The molecule has 4 heterocycles. The van der Waals surface area contributed by atoms with Gasteiger partial charge in [0, 0.05) is 26.2 Å². The predicted octanol–water partition coefficient (Wildman–Crippen LogP) is -5.48. The summed E-state index contributed by atoms with van der Waals surface area (Å²) < 4.78 is 5.71. The quantitative estimate of drug-likeness (QED) is 0.0234. The highest BCUT2D eigenvalue weighted by atomic mass is 16.5. The molecule has 0 radical (unpaired) electrons. The molecule has 12 atom stereocenters. The molecule has 4 saturated heterocycles. The van der Waals surface area contributed by atoms with Crippen LogP contribution in [0.1, 0.15) is 122 Å². The van der Waals surface area contributed by atoms with Gasteiger partial charge in [-0.1, -0.05) is 58.3 Å². The lowest BCUT2D eigenvalue weighted by molar-refractivity contribution is -0.166. The van der Waals surface area contributed by atoms with E-state index in [1.54, 1.807) is 0 Å². The number of rotatable bonds is 20. The number of guanidine groups is 1. The molecule has 444 valence electrons. The second kappa shape index (κ2) is 31.7. The van der Waals surface area contributed by atoms with Crippen LogP contribution in [0.25, 0.3) is 0 Å². The summed E-state index contributed by atoms with van der Waals surface area (Å²) in [5.74, 6) is -15.1. The Morgan fingerprint density at radius 3 is 1.68 bits per heavy atom. The van der Waals surface area contributed by atoms with Gasteiger partial charge in [0.1, 0.15) is 48.4 Å². The van der Waals surface area contributed by atoms with E-state index in [4.69, 9.17) is 16.2 Å². The molecule has 4 rings (SSSR count). The molecule has 30 heteroatoms. The van der Waals surface area contributed by atoms with E-state index in [2.05, 4.69) is 22.5 Å². The number of ether oxygens (including phenoxy) is 1. The molecule has 30 nitrogen and oxygen atoms in total. The zero-order valence-electron chi connectivity index (χ0n) is 44.4. The van der Waals surface area contributed by atoms with Crippen molar-refractivity contribution in [3.05, 3.63) is 0 Å². The lowest BCUT2D eigenvalue weighted by Crippen LogP contribution is -2.64. The number of aliphatic hydroxyl groups is 5. The first-order valence-electron chi connectivity index (χ1n) is 27.0. The molecule has 0 spiro atoms. The number of carbonyl (C=O) groups is 11. The SMILES string of the molecule is CCCCCCCCCCCC1CC(=O)N2CCCC2C(=O)NC(CO)C(=O)N2CCCC2C(=O)NC(CCCN=C(N)N)C(=O)NC(C(O)C(=O)O)C(=O)NC(CO)C(=O)N2CCC(O)C2C(=O)NC(C(O)C(=O)O)C(=O)O1. The van der Waals surface area contributed by atoms with Crippen molar-refractivity contribution in [2.24, 2.45) is 16.5 Å². The van der Waals surface area contributed by atoms with Crippen LogP contribution in [0.2, 0.25) is 0 Å². The van der Waals surface area contributed by atoms with Crippen LogP contribution in [0.3, 0.4) is 0 Å². The Balaban J connectivity index is 1.76. The van der Waals surface area contributed by atoms with E-state index in [0.29, 0.717) is 24.2 Å². The number of esters is 1. The maximum absolute atomic E-state index is 14.2. The molecule has 4 fully saturated rings. The van der Waals surface area contributed by atoms with Crippen LogP contribution in [0.15, 0.2) is 4.99 Å². The van der Waals surface area contributed by atoms with Crippen molar-refractivity contribution >= 4 is 71.1 Å². The summed E-state index contributed by atoms with van der Waals surface area (Å²) in [6, 6.07) is -15.0. The molecule has 0 bridgehead atoms. The van der Waals surface area contributed by atoms with Crippen molar-refractivity contribution in [1.82, 2.24) is 41.3 Å². The van der Waals surface area contributed by atoms with Gasteiger partial charge < -0.3 is 93.2 Å². The lowest BCUT2D eigenvalue weighted by Gasteiger charge is -2.32.